The average molecular weight is 353 g/mol. The zero-order valence-corrected chi connectivity index (χ0v) is 15.6. The minimum atomic E-state index is 0.0187. The number of hydrogen-bond donors (Lipinski definition) is 1. The van der Waals surface area contributed by atoms with Crippen LogP contribution in [0.3, 0.4) is 0 Å². The Morgan fingerprint density at radius 2 is 1.65 bits per heavy atom. The first kappa shape index (κ1) is 18.3. The van der Waals surface area contributed by atoms with Crippen molar-refractivity contribution < 1.29 is 9.53 Å². The molecule has 1 fully saturated rings. The summed E-state index contributed by atoms with van der Waals surface area (Å²) >= 11 is 0. The number of para-hydroxylation sites is 1. The molecule has 0 bridgehead atoms. The van der Waals surface area contributed by atoms with Gasteiger partial charge >= 0.3 is 6.03 Å². The van der Waals surface area contributed by atoms with Gasteiger partial charge in [0.1, 0.15) is 5.75 Å². The van der Waals surface area contributed by atoms with E-state index in [1.807, 2.05) is 35.2 Å². The summed E-state index contributed by atoms with van der Waals surface area (Å²) in [7, 11) is 1.70. The van der Waals surface area contributed by atoms with Gasteiger partial charge in [0, 0.05) is 44.8 Å². The van der Waals surface area contributed by atoms with E-state index in [9.17, 15) is 4.79 Å². The summed E-state index contributed by atoms with van der Waals surface area (Å²) in [6.45, 7) is 6.73. The van der Waals surface area contributed by atoms with E-state index in [1.165, 1.54) is 11.1 Å². The van der Waals surface area contributed by atoms with Gasteiger partial charge in [-0.05, 0) is 24.1 Å². The highest BCUT2D eigenvalue weighted by molar-refractivity contribution is 5.74. The predicted molar refractivity (Wildman–Crippen MR) is 103 cm³/mol. The van der Waals surface area contributed by atoms with Gasteiger partial charge in [-0.2, -0.15) is 0 Å². The maximum Gasteiger partial charge on any atom is 0.317 e. The highest BCUT2D eigenvalue weighted by Crippen LogP contribution is 2.20. The van der Waals surface area contributed by atoms with Crippen molar-refractivity contribution in [2.24, 2.45) is 0 Å². The summed E-state index contributed by atoms with van der Waals surface area (Å²) in [4.78, 5) is 16.7. The van der Waals surface area contributed by atoms with E-state index in [2.05, 4.69) is 35.3 Å². The van der Waals surface area contributed by atoms with E-state index >= 15 is 0 Å². The summed E-state index contributed by atoms with van der Waals surface area (Å²) < 4.78 is 5.43. The molecule has 1 aliphatic rings. The molecule has 0 atom stereocenters. The van der Waals surface area contributed by atoms with E-state index in [1.54, 1.807) is 7.11 Å². The van der Waals surface area contributed by atoms with Crippen molar-refractivity contribution in [1.82, 2.24) is 15.1 Å². The van der Waals surface area contributed by atoms with Gasteiger partial charge in [0.05, 0.1) is 7.11 Å². The monoisotopic (exact) mass is 353 g/mol. The Balaban J connectivity index is 1.47. The lowest BCUT2D eigenvalue weighted by Gasteiger charge is -2.35. The molecule has 26 heavy (non-hydrogen) atoms. The molecule has 3 rings (SSSR count). The molecule has 0 radical (unpaired) electrons. The Morgan fingerprint density at radius 3 is 2.35 bits per heavy atom. The normalized spacial score (nSPS) is 14.9. The number of methoxy groups -OCH3 is 1. The van der Waals surface area contributed by atoms with Crippen molar-refractivity contribution in [3.8, 4) is 5.75 Å². The molecule has 1 heterocycles. The van der Waals surface area contributed by atoms with Gasteiger partial charge in [-0.3, -0.25) is 4.90 Å². The third-order valence-electron chi connectivity index (χ3n) is 4.94. The molecule has 2 aromatic rings. The highest BCUT2D eigenvalue weighted by Gasteiger charge is 2.21. The number of piperazine rings is 1. The Hall–Kier alpha value is -2.53. The van der Waals surface area contributed by atoms with E-state index < -0.39 is 0 Å². The van der Waals surface area contributed by atoms with Crippen molar-refractivity contribution in [3.63, 3.8) is 0 Å². The first-order valence-corrected chi connectivity index (χ1v) is 9.09. The molecule has 0 aromatic heterocycles. The Labute approximate surface area is 155 Å². The summed E-state index contributed by atoms with van der Waals surface area (Å²) in [5, 5.41) is 3.04. The van der Waals surface area contributed by atoms with Crippen molar-refractivity contribution in [1.29, 1.82) is 0 Å². The fraction of sp³-hybridized carbons (Fsp3) is 0.381. The molecule has 0 aliphatic carbocycles. The molecule has 2 aromatic carbocycles. The predicted octanol–water partition coefficient (Wildman–Crippen LogP) is 3.03. The van der Waals surface area contributed by atoms with Crippen LogP contribution in [0.1, 0.15) is 16.7 Å². The second-order valence-electron chi connectivity index (χ2n) is 6.66. The number of carbonyl (C=O) groups is 1. The Bertz CT molecular complexity index is 740. The molecule has 2 amide bonds. The van der Waals surface area contributed by atoms with Crippen LogP contribution in [0.2, 0.25) is 0 Å². The number of carbonyl (C=O) groups excluding carboxylic acids is 1. The van der Waals surface area contributed by atoms with Crippen molar-refractivity contribution >= 4 is 6.03 Å². The molecule has 1 N–H and O–H groups in total. The van der Waals surface area contributed by atoms with E-state index in [0.29, 0.717) is 6.54 Å². The second-order valence-corrected chi connectivity index (χ2v) is 6.66. The molecular formula is C21H27N3O2. The topological polar surface area (TPSA) is 44.8 Å². The lowest BCUT2D eigenvalue weighted by Crippen LogP contribution is -2.51. The van der Waals surface area contributed by atoms with Crippen LogP contribution in [-0.2, 0) is 13.1 Å². The minimum Gasteiger partial charge on any atom is -0.496 e. The first-order valence-electron chi connectivity index (χ1n) is 9.09. The van der Waals surface area contributed by atoms with Crippen LogP contribution < -0.4 is 10.1 Å². The molecule has 0 spiro atoms. The number of rotatable bonds is 5. The fourth-order valence-electron chi connectivity index (χ4n) is 3.27. The van der Waals surface area contributed by atoms with Crippen LogP contribution in [0.4, 0.5) is 4.79 Å². The van der Waals surface area contributed by atoms with Gasteiger partial charge in [-0.25, -0.2) is 4.79 Å². The largest absolute Gasteiger partial charge is 0.496 e. The number of nitrogens with one attached hydrogen (secondary N) is 1. The van der Waals surface area contributed by atoms with Gasteiger partial charge in [0.2, 0.25) is 0 Å². The van der Waals surface area contributed by atoms with E-state index in [0.717, 1.165) is 44.0 Å². The van der Waals surface area contributed by atoms with Crippen LogP contribution in [-0.4, -0.2) is 49.1 Å². The third-order valence-corrected chi connectivity index (χ3v) is 4.94. The summed E-state index contributed by atoms with van der Waals surface area (Å²) in [5.74, 6) is 0.922. The zero-order chi connectivity index (χ0) is 18.4. The number of nitrogens with zero attached hydrogens (tertiary/aromatic N) is 2. The summed E-state index contributed by atoms with van der Waals surface area (Å²) in [6, 6.07) is 16.3. The lowest BCUT2D eigenvalue weighted by molar-refractivity contribution is 0.134. The van der Waals surface area contributed by atoms with Gasteiger partial charge in [-0.1, -0.05) is 42.5 Å². The molecule has 5 nitrogen and oxygen atoms in total. The zero-order valence-electron chi connectivity index (χ0n) is 15.6. The molecule has 1 saturated heterocycles. The fourth-order valence-corrected chi connectivity index (χ4v) is 3.27. The summed E-state index contributed by atoms with van der Waals surface area (Å²) in [6.07, 6.45) is 0. The van der Waals surface area contributed by atoms with E-state index in [-0.39, 0.29) is 6.03 Å². The number of urea groups is 1. The number of amides is 2. The number of aryl methyl sites for hydroxylation is 1. The number of ether oxygens (including phenoxy) is 1. The van der Waals surface area contributed by atoms with Crippen LogP contribution in [0, 0.1) is 6.92 Å². The maximum absolute atomic E-state index is 12.4. The van der Waals surface area contributed by atoms with Crippen molar-refractivity contribution in [2.75, 3.05) is 33.3 Å². The molecule has 1 aliphatic heterocycles. The van der Waals surface area contributed by atoms with Crippen LogP contribution in [0.25, 0.3) is 0 Å². The number of hydrogen-bond acceptors (Lipinski definition) is 3. The lowest BCUT2D eigenvalue weighted by atomic mass is 10.1. The van der Waals surface area contributed by atoms with Crippen molar-refractivity contribution in [2.45, 2.75) is 20.0 Å². The molecule has 0 saturated carbocycles. The maximum atomic E-state index is 12.4. The van der Waals surface area contributed by atoms with Crippen molar-refractivity contribution in [3.05, 3.63) is 65.2 Å². The van der Waals surface area contributed by atoms with Gasteiger partial charge in [0.15, 0.2) is 0 Å². The Kier molecular flexibility index (Phi) is 6.12. The van der Waals surface area contributed by atoms with E-state index in [4.69, 9.17) is 4.74 Å². The Morgan fingerprint density at radius 1 is 1.00 bits per heavy atom. The van der Waals surface area contributed by atoms with Gasteiger partial charge < -0.3 is 15.0 Å². The van der Waals surface area contributed by atoms with Crippen LogP contribution >= 0.6 is 0 Å². The summed E-state index contributed by atoms with van der Waals surface area (Å²) in [5.41, 5.74) is 3.55. The minimum absolute atomic E-state index is 0.0187. The first-order chi connectivity index (χ1) is 12.7. The number of benzene rings is 2. The highest BCUT2D eigenvalue weighted by atomic mass is 16.5. The van der Waals surface area contributed by atoms with Crippen LogP contribution in [0.15, 0.2) is 48.5 Å². The SMILES string of the molecule is COc1ccccc1CN1CCN(C(=O)NCc2ccccc2C)CC1. The molecule has 138 valence electrons. The molecular weight excluding hydrogens is 326 g/mol. The smallest absolute Gasteiger partial charge is 0.317 e. The molecule has 5 heteroatoms. The molecule has 0 unspecified atom stereocenters. The second kappa shape index (κ2) is 8.72. The standard InChI is InChI=1S/C21H27N3O2/c1-17-7-3-4-8-18(17)15-22-21(25)24-13-11-23(12-14-24)16-19-9-5-6-10-20(19)26-2/h3-10H,11-16H2,1-2H3,(H,22,25). The third kappa shape index (κ3) is 4.55. The average Bonchev–Trinajstić information content (AvgIpc) is 2.68. The van der Waals surface area contributed by atoms with Gasteiger partial charge in [-0.15, -0.1) is 0 Å². The van der Waals surface area contributed by atoms with Gasteiger partial charge in [0.25, 0.3) is 0 Å². The van der Waals surface area contributed by atoms with Crippen LogP contribution in [0.5, 0.6) is 5.75 Å². The quantitative estimate of drug-likeness (QED) is 0.899.